The molecule has 0 unspecified atom stereocenters. The highest BCUT2D eigenvalue weighted by Crippen LogP contribution is 2.50. The van der Waals surface area contributed by atoms with Gasteiger partial charge in [-0.25, -0.2) is 0 Å². The summed E-state index contributed by atoms with van der Waals surface area (Å²) in [6.45, 7) is 11.8. The van der Waals surface area contributed by atoms with Gasteiger partial charge >= 0.3 is 0 Å². The third-order valence-electron chi connectivity index (χ3n) is 7.10. The molecule has 0 aromatic rings. The standard InChI is InChI=1S/C24H44N2O2/c1-6-26-20(27)23(18-21(2,3)25-22(4,5)19-23)28-24(26)16-14-12-10-8-7-9-11-13-15-17-24/h25H,6-19H2,1-5H3. The summed E-state index contributed by atoms with van der Waals surface area (Å²) in [5.74, 6) is 0.254. The minimum absolute atomic E-state index is 0.103. The summed E-state index contributed by atoms with van der Waals surface area (Å²) in [6, 6.07) is 0. The van der Waals surface area contributed by atoms with Crippen LogP contribution in [0.3, 0.4) is 0 Å². The number of rotatable bonds is 1. The van der Waals surface area contributed by atoms with Gasteiger partial charge in [-0.3, -0.25) is 4.79 Å². The zero-order valence-corrected chi connectivity index (χ0v) is 19.2. The fraction of sp³-hybridized carbons (Fsp3) is 0.958. The molecule has 3 fully saturated rings. The molecule has 2 spiro atoms. The smallest absolute Gasteiger partial charge is 0.257 e. The van der Waals surface area contributed by atoms with Crippen LogP contribution in [-0.2, 0) is 9.53 Å². The second-order valence-electron chi connectivity index (χ2n) is 11.0. The van der Waals surface area contributed by atoms with Crippen molar-refractivity contribution in [3.05, 3.63) is 0 Å². The summed E-state index contributed by atoms with van der Waals surface area (Å²) in [7, 11) is 0. The number of hydrogen-bond acceptors (Lipinski definition) is 3. The van der Waals surface area contributed by atoms with Crippen LogP contribution in [0.4, 0.5) is 0 Å². The van der Waals surface area contributed by atoms with E-state index in [1.165, 1.54) is 57.8 Å². The van der Waals surface area contributed by atoms with Crippen molar-refractivity contribution in [2.24, 2.45) is 0 Å². The highest BCUT2D eigenvalue weighted by Gasteiger charge is 2.63. The lowest BCUT2D eigenvalue weighted by Crippen LogP contribution is -2.65. The van der Waals surface area contributed by atoms with Crippen molar-refractivity contribution >= 4 is 5.91 Å². The van der Waals surface area contributed by atoms with Crippen molar-refractivity contribution in [2.75, 3.05) is 6.54 Å². The molecule has 28 heavy (non-hydrogen) atoms. The molecule has 0 atom stereocenters. The van der Waals surface area contributed by atoms with E-state index in [1.54, 1.807) is 0 Å². The molecule has 4 heteroatoms. The topological polar surface area (TPSA) is 41.6 Å². The van der Waals surface area contributed by atoms with Crippen molar-refractivity contribution in [1.82, 2.24) is 10.2 Å². The lowest BCUT2D eigenvalue weighted by Gasteiger charge is -2.50. The van der Waals surface area contributed by atoms with E-state index in [2.05, 4.69) is 44.8 Å². The van der Waals surface area contributed by atoms with E-state index >= 15 is 0 Å². The van der Waals surface area contributed by atoms with Gasteiger partial charge < -0.3 is 15.0 Å². The Balaban J connectivity index is 1.89. The van der Waals surface area contributed by atoms with E-state index in [0.717, 1.165) is 32.2 Å². The normalized spacial score (nSPS) is 30.2. The fourth-order valence-corrected chi connectivity index (χ4v) is 6.58. The minimum Gasteiger partial charge on any atom is -0.339 e. The van der Waals surface area contributed by atoms with E-state index in [1.807, 2.05) is 0 Å². The van der Waals surface area contributed by atoms with Gasteiger partial charge in [0.25, 0.3) is 5.91 Å². The van der Waals surface area contributed by atoms with Crippen LogP contribution in [0.2, 0.25) is 0 Å². The highest BCUT2D eigenvalue weighted by molar-refractivity contribution is 5.88. The largest absolute Gasteiger partial charge is 0.339 e. The van der Waals surface area contributed by atoms with Gasteiger partial charge in [0.15, 0.2) is 5.60 Å². The Kier molecular flexibility index (Phi) is 6.51. The first-order valence-electron chi connectivity index (χ1n) is 12.0. The molecule has 1 amide bonds. The van der Waals surface area contributed by atoms with Crippen LogP contribution in [0.1, 0.15) is 118 Å². The van der Waals surface area contributed by atoms with Gasteiger partial charge in [0.1, 0.15) is 5.72 Å². The summed E-state index contributed by atoms with van der Waals surface area (Å²) < 4.78 is 7.05. The molecule has 0 radical (unpaired) electrons. The van der Waals surface area contributed by atoms with Crippen molar-refractivity contribution in [3.8, 4) is 0 Å². The van der Waals surface area contributed by atoms with E-state index in [0.29, 0.717) is 0 Å². The van der Waals surface area contributed by atoms with E-state index in [-0.39, 0.29) is 22.7 Å². The van der Waals surface area contributed by atoms with Gasteiger partial charge in [0.2, 0.25) is 0 Å². The van der Waals surface area contributed by atoms with Crippen molar-refractivity contribution in [1.29, 1.82) is 0 Å². The van der Waals surface area contributed by atoms with Gasteiger partial charge in [-0.05, 0) is 60.3 Å². The molecule has 1 N–H and O–H groups in total. The molecule has 0 bridgehead atoms. The number of carbonyl (C=O) groups excluding carboxylic acids is 1. The molecule has 2 aliphatic heterocycles. The number of amides is 1. The maximum absolute atomic E-state index is 13.8. The van der Waals surface area contributed by atoms with Gasteiger partial charge in [0.05, 0.1) is 0 Å². The summed E-state index contributed by atoms with van der Waals surface area (Å²) in [5, 5.41) is 3.73. The number of nitrogens with zero attached hydrogens (tertiary/aromatic N) is 1. The Bertz CT molecular complexity index is 527. The van der Waals surface area contributed by atoms with Crippen LogP contribution in [0, 0.1) is 0 Å². The molecular weight excluding hydrogens is 348 g/mol. The monoisotopic (exact) mass is 392 g/mol. The molecule has 2 saturated heterocycles. The second kappa shape index (κ2) is 8.26. The van der Waals surface area contributed by atoms with Crippen LogP contribution in [0.15, 0.2) is 0 Å². The average molecular weight is 393 g/mol. The molecule has 162 valence electrons. The van der Waals surface area contributed by atoms with E-state index in [4.69, 9.17) is 4.74 Å². The average Bonchev–Trinajstić information content (AvgIpc) is 2.75. The van der Waals surface area contributed by atoms with Crippen molar-refractivity contribution in [3.63, 3.8) is 0 Å². The Morgan fingerprint density at radius 2 is 1.25 bits per heavy atom. The number of likely N-dealkylation sites (N-methyl/N-ethyl adjacent to an activating group) is 1. The summed E-state index contributed by atoms with van der Waals surface area (Å²) >= 11 is 0. The number of ether oxygens (including phenoxy) is 1. The molecular formula is C24H44N2O2. The molecule has 4 nitrogen and oxygen atoms in total. The molecule has 1 aliphatic carbocycles. The van der Waals surface area contributed by atoms with Crippen LogP contribution >= 0.6 is 0 Å². The lowest BCUT2D eigenvalue weighted by atomic mass is 9.72. The highest BCUT2D eigenvalue weighted by atomic mass is 16.6. The summed E-state index contributed by atoms with van der Waals surface area (Å²) in [5.41, 5.74) is -1.25. The van der Waals surface area contributed by atoms with Gasteiger partial charge in [-0.2, -0.15) is 0 Å². The third kappa shape index (κ3) is 4.59. The first-order chi connectivity index (χ1) is 13.1. The van der Waals surface area contributed by atoms with Crippen LogP contribution < -0.4 is 5.32 Å². The lowest BCUT2D eigenvalue weighted by molar-refractivity contribution is -0.176. The predicted octanol–water partition coefficient (Wildman–Crippen LogP) is 5.55. The molecule has 2 heterocycles. The number of nitrogens with one attached hydrogen (secondary N) is 1. The minimum atomic E-state index is -0.661. The van der Waals surface area contributed by atoms with Crippen LogP contribution in [0.25, 0.3) is 0 Å². The summed E-state index contributed by atoms with van der Waals surface area (Å²) in [6.07, 6.45) is 15.2. The number of carbonyl (C=O) groups is 1. The first-order valence-corrected chi connectivity index (χ1v) is 12.0. The maximum atomic E-state index is 13.8. The molecule has 0 aromatic carbocycles. The Labute approximate surface area is 173 Å². The Morgan fingerprint density at radius 3 is 1.68 bits per heavy atom. The quantitative estimate of drug-likeness (QED) is 0.636. The van der Waals surface area contributed by atoms with Crippen molar-refractivity contribution < 1.29 is 9.53 Å². The maximum Gasteiger partial charge on any atom is 0.257 e. The zero-order chi connectivity index (χ0) is 20.5. The van der Waals surface area contributed by atoms with Crippen LogP contribution in [0.5, 0.6) is 0 Å². The van der Waals surface area contributed by atoms with E-state index < -0.39 is 5.60 Å². The van der Waals surface area contributed by atoms with Crippen molar-refractivity contribution in [2.45, 2.75) is 140 Å². The number of hydrogen-bond donors (Lipinski definition) is 1. The summed E-state index contributed by atoms with van der Waals surface area (Å²) in [4.78, 5) is 15.9. The molecule has 1 saturated carbocycles. The van der Waals surface area contributed by atoms with E-state index in [9.17, 15) is 4.79 Å². The van der Waals surface area contributed by atoms with Crippen LogP contribution in [-0.4, -0.2) is 39.8 Å². The van der Waals surface area contributed by atoms with Gasteiger partial charge in [-0.15, -0.1) is 0 Å². The third-order valence-corrected chi connectivity index (χ3v) is 7.10. The first kappa shape index (κ1) is 22.1. The molecule has 0 aromatic heterocycles. The van der Waals surface area contributed by atoms with Gasteiger partial charge in [-0.1, -0.05) is 44.9 Å². The Hall–Kier alpha value is -0.610. The second-order valence-corrected chi connectivity index (χ2v) is 11.0. The Morgan fingerprint density at radius 1 is 0.821 bits per heavy atom. The molecule has 3 aliphatic rings. The predicted molar refractivity (Wildman–Crippen MR) is 115 cm³/mol. The zero-order valence-electron chi connectivity index (χ0n) is 19.2. The fourth-order valence-electron chi connectivity index (χ4n) is 6.58. The molecule has 3 rings (SSSR count). The number of piperidine rings is 1. The SMILES string of the molecule is CCN1C(=O)C2(CC(C)(C)NC(C)(C)C2)OC12CCCCCCCCCCC2. The van der Waals surface area contributed by atoms with Gasteiger partial charge in [0, 0.05) is 30.5 Å².